The molecule has 1 unspecified atom stereocenters. The summed E-state index contributed by atoms with van der Waals surface area (Å²) < 4.78 is 4.64. The van der Waals surface area contributed by atoms with Crippen molar-refractivity contribution in [2.24, 2.45) is 17.3 Å². The number of hydrogen-bond donors (Lipinski definition) is 2. The maximum absolute atomic E-state index is 11.1. The molecule has 0 spiro atoms. The van der Waals surface area contributed by atoms with Crippen molar-refractivity contribution in [3.63, 3.8) is 0 Å². The van der Waals surface area contributed by atoms with E-state index in [9.17, 15) is 15.0 Å². The Morgan fingerprint density at radius 2 is 2.10 bits per heavy atom. The van der Waals surface area contributed by atoms with Gasteiger partial charge in [-0.05, 0) is 57.3 Å². The van der Waals surface area contributed by atoms with Crippen LogP contribution in [0.5, 0.6) is 0 Å². The second-order valence-electron chi connectivity index (χ2n) is 8.62. The van der Waals surface area contributed by atoms with Crippen molar-refractivity contribution in [3.8, 4) is 0 Å². The summed E-state index contributed by atoms with van der Waals surface area (Å²) in [5, 5.41) is 21.0. The molecule has 2 saturated carbocycles. The van der Waals surface area contributed by atoms with Crippen LogP contribution in [0.3, 0.4) is 0 Å². The molecule has 5 heteroatoms. The highest BCUT2D eigenvalue weighted by Gasteiger charge is 2.42. The van der Waals surface area contributed by atoms with Crippen LogP contribution < -0.4 is 0 Å². The molecule has 0 bridgehead atoms. The first-order valence-electron chi connectivity index (χ1n) is 10.9. The summed E-state index contributed by atoms with van der Waals surface area (Å²) in [6, 6.07) is 0. The molecular weight excluding hydrogens is 388 g/mol. The molecule has 0 amide bonds. The molecule has 2 fully saturated rings. The van der Waals surface area contributed by atoms with Gasteiger partial charge in [-0.3, -0.25) is 4.79 Å². The molecule has 0 aromatic rings. The summed E-state index contributed by atoms with van der Waals surface area (Å²) in [4.78, 5) is 11.1. The lowest BCUT2D eigenvalue weighted by Gasteiger charge is -2.45. The number of aliphatic hydroxyl groups is 2. The highest BCUT2D eigenvalue weighted by atomic mass is 35.5. The molecule has 2 N–H and O–H groups in total. The van der Waals surface area contributed by atoms with E-state index in [4.69, 9.17) is 11.6 Å². The Morgan fingerprint density at radius 1 is 1.34 bits per heavy atom. The quantitative estimate of drug-likeness (QED) is 0.201. The van der Waals surface area contributed by atoms with Gasteiger partial charge in [0.1, 0.15) is 0 Å². The van der Waals surface area contributed by atoms with Crippen LogP contribution in [0.4, 0.5) is 0 Å². The van der Waals surface area contributed by atoms with Crippen molar-refractivity contribution < 1.29 is 19.7 Å². The van der Waals surface area contributed by atoms with E-state index in [0.717, 1.165) is 38.5 Å². The van der Waals surface area contributed by atoms with Gasteiger partial charge in [0.2, 0.25) is 0 Å². The Bertz CT molecular complexity index is 581. The van der Waals surface area contributed by atoms with E-state index in [2.05, 4.69) is 29.5 Å². The standard InChI is InChI=1S/C24H37ClO4/c1-3-14-24(15-9-16-24)22(27)12-8-11-19-18(20(25)17-21(19)26)10-6-4-5-7-13-23(28)29-2/h3-4,6,8,11,18-22,26-27H,1,5,7,9-10,12-17H2,2H3/t18-,19-,20-,21-,22?/m1/s1. The van der Waals surface area contributed by atoms with Gasteiger partial charge in [0, 0.05) is 23.1 Å². The number of rotatable bonds is 12. The lowest BCUT2D eigenvalue weighted by molar-refractivity contribution is -0.140. The largest absolute Gasteiger partial charge is 0.469 e. The monoisotopic (exact) mass is 424 g/mol. The molecule has 0 aromatic heterocycles. The molecule has 0 aromatic carbocycles. The van der Waals surface area contributed by atoms with Crippen molar-refractivity contribution in [1.29, 1.82) is 0 Å². The summed E-state index contributed by atoms with van der Waals surface area (Å²) in [7, 11) is 1.41. The lowest BCUT2D eigenvalue weighted by Crippen LogP contribution is -2.40. The number of halogens is 1. The van der Waals surface area contributed by atoms with Gasteiger partial charge in [-0.15, -0.1) is 18.2 Å². The second-order valence-corrected chi connectivity index (χ2v) is 9.18. The minimum absolute atomic E-state index is 0.00173. The Balaban J connectivity index is 1.83. The molecule has 0 heterocycles. The molecule has 0 radical (unpaired) electrons. The minimum Gasteiger partial charge on any atom is -0.469 e. The van der Waals surface area contributed by atoms with Gasteiger partial charge in [-0.1, -0.05) is 36.8 Å². The number of alkyl halides is 1. The van der Waals surface area contributed by atoms with Gasteiger partial charge in [0.15, 0.2) is 0 Å². The zero-order valence-electron chi connectivity index (χ0n) is 17.6. The normalized spacial score (nSPS) is 29.8. The minimum atomic E-state index is -0.436. The number of aliphatic hydroxyl groups excluding tert-OH is 2. The Hall–Kier alpha value is -1.10. The maximum atomic E-state index is 11.1. The van der Waals surface area contributed by atoms with Crippen LogP contribution >= 0.6 is 11.6 Å². The van der Waals surface area contributed by atoms with Crippen LogP contribution in [0.2, 0.25) is 0 Å². The topological polar surface area (TPSA) is 66.8 Å². The number of hydrogen-bond acceptors (Lipinski definition) is 4. The van der Waals surface area contributed by atoms with Gasteiger partial charge in [-0.25, -0.2) is 0 Å². The van der Waals surface area contributed by atoms with E-state index < -0.39 is 6.10 Å². The molecule has 5 atom stereocenters. The van der Waals surface area contributed by atoms with Crippen molar-refractivity contribution in [2.45, 2.75) is 81.8 Å². The van der Waals surface area contributed by atoms with Gasteiger partial charge >= 0.3 is 5.97 Å². The predicted molar refractivity (Wildman–Crippen MR) is 118 cm³/mol. The van der Waals surface area contributed by atoms with Crippen LogP contribution in [-0.4, -0.2) is 40.9 Å². The van der Waals surface area contributed by atoms with Gasteiger partial charge in [-0.2, -0.15) is 0 Å². The molecule has 4 nitrogen and oxygen atoms in total. The maximum Gasteiger partial charge on any atom is 0.305 e. The van der Waals surface area contributed by atoms with Crippen molar-refractivity contribution in [3.05, 3.63) is 37.0 Å². The first-order chi connectivity index (χ1) is 13.9. The smallest absolute Gasteiger partial charge is 0.305 e. The van der Waals surface area contributed by atoms with E-state index in [-0.39, 0.29) is 34.7 Å². The molecule has 2 aliphatic carbocycles. The van der Waals surface area contributed by atoms with Crippen LogP contribution in [0.25, 0.3) is 0 Å². The first kappa shape index (κ1) is 24.2. The number of esters is 1. The second kappa shape index (κ2) is 11.9. The average Bonchev–Trinajstić information content (AvgIpc) is 2.93. The van der Waals surface area contributed by atoms with Crippen molar-refractivity contribution >= 4 is 17.6 Å². The van der Waals surface area contributed by atoms with Crippen molar-refractivity contribution in [2.75, 3.05) is 7.11 Å². The molecule has 2 aliphatic rings. The fourth-order valence-electron chi connectivity index (χ4n) is 4.71. The molecule has 29 heavy (non-hydrogen) atoms. The van der Waals surface area contributed by atoms with E-state index in [1.54, 1.807) is 0 Å². The first-order valence-corrected chi connectivity index (χ1v) is 11.4. The van der Waals surface area contributed by atoms with Crippen molar-refractivity contribution in [1.82, 2.24) is 0 Å². The number of carbonyl (C=O) groups excluding carboxylic acids is 1. The van der Waals surface area contributed by atoms with Crippen LogP contribution in [0.15, 0.2) is 37.0 Å². The number of allylic oxidation sites excluding steroid dienone is 3. The Labute approximate surface area is 180 Å². The molecule has 0 saturated heterocycles. The fraction of sp³-hybridized carbons (Fsp3) is 0.708. The zero-order valence-corrected chi connectivity index (χ0v) is 18.4. The number of carbonyl (C=O) groups is 1. The molecular formula is C24H37ClO4. The van der Waals surface area contributed by atoms with Gasteiger partial charge in [0.25, 0.3) is 0 Å². The van der Waals surface area contributed by atoms with Crippen LogP contribution in [0, 0.1) is 17.3 Å². The Morgan fingerprint density at radius 3 is 2.72 bits per heavy atom. The average molecular weight is 425 g/mol. The summed E-state index contributed by atoms with van der Waals surface area (Å²) in [6.07, 6.45) is 17.6. The predicted octanol–water partition coefficient (Wildman–Crippen LogP) is 4.93. The number of methoxy groups -OCH3 is 1. The van der Waals surface area contributed by atoms with E-state index >= 15 is 0 Å². The summed E-state index contributed by atoms with van der Waals surface area (Å²) in [6.45, 7) is 3.84. The molecule has 0 aliphatic heterocycles. The summed E-state index contributed by atoms with van der Waals surface area (Å²) in [5.41, 5.74) is 0.00173. The summed E-state index contributed by atoms with van der Waals surface area (Å²) in [5.74, 6) is 0.0196. The SMILES string of the molecule is C=CCC1(C(O)CC=C[C@@H]2[C@@H](CC=CCCCC(=O)OC)[C@H](Cl)C[C@H]2O)CCC1. The molecule has 2 rings (SSSR count). The highest BCUT2D eigenvalue weighted by molar-refractivity contribution is 6.21. The van der Waals surface area contributed by atoms with Crippen LogP contribution in [0.1, 0.15) is 64.2 Å². The van der Waals surface area contributed by atoms with E-state index in [1.807, 2.05) is 12.2 Å². The third-order valence-electron chi connectivity index (χ3n) is 6.75. The third kappa shape index (κ3) is 6.70. The summed E-state index contributed by atoms with van der Waals surface area (Å²) >= 11 is 6.51. The number of ether oxygens (including phenoxy) is 1. The third-order valence-corrected chi connectivity index (χ3v) is 7.25. The number of unbranched alkanes of at least 4 members (excludes halogenated alkanes) is 1. The fourth-order valence-corrected chi connectivity index (χ4v) is 5.16. The zero-order chi connectivity index (χ0) is 21.3. The van der Waals surface area contributed by atoms with Gasteiger partial charge in [0.05, 0.1) is 19.3 Å². The molecule has 164 valence electrons. The highest BCUT2D eigenvalue weighted by Crippen LogP contribution is 2.48. The lowest BCUT2D eigenvalue weighted by atomic mass is 9.62. The van der Waals surface area contributed by atoms with Gasteiger partial charge < -0.3 is 14.9 Å². The van der Waals surface area contributed by atoms with Crippen LogP contribution in [-0.2, 0) is 9.53 Å². The van der Waals surface area contributed by atoms with E-state index in [1.165, 1.54) is 13.5 Å². The Kier molecular flexibility index (Phi) is 9.94. The van der Waals surface area contributed by atoms with E-state index in [0.29, 0.717) is 19.3 Å².